The van der Waals surface area contributed by atoms with Crippen molar-refractivity contribution >= 4 is 21.9 Å². The molecule has 9 nitrogen and oxygen atoms in total. The first-order chi connectivity index (χ1) is 22.3. The number of nitrogens with one attached hydrogen (secondary N) is 1. The number of nitrogens with zero attached hydrogens (tertiary/aromatic N) is 3. The van der Waals surface area contributed by atoms with Crippen LogP contribution in [0.1, 0.15) is 66.4 Å². The summed E-state index contributed by atoms with van der Waals surface area (Å²) in [7, 11) is -4.24. The molecule has 2 aromatic carbocycles. The highest BCUT2D eigenvalue weighted by Gasteiger charge is 2.62. The molecule has 6 rings (SSSR count). The van der Waals surface area contributed by atoms with Gasteiger partial charge in [-0.2, -0.15) is 18.2 Å². The van der Waals surface area contributed by atoms with Crippen molar-refractivity contribution in [1.29, 1.82) is 0 Å². The van der Waals surface area contributed by atoms with Crippen LogP contribution in [-0.2, 0) is 14.8 Å². The van der Waals surface area contributed by atoms with Crippen molar-refractivity contribution in [1.82, 2.24) is 14.9 Å². The zero-order valence-electron chi connectivity index (χ0n) is 26.5. The molecule has 1 N–H and O–H groups in total. The van der Waals surface area contributed by atoms with Gasteiger partial charge in [0.05, 0.1) is 22.0 Å². The average Bonchev–Trinajstić information content (AvgIpc) is 3.83. The molecule has 1 aliphatic carbocycles. The molecule has 4 bridgehead atoms. The van der Waals surface area contributed by atoms with Gasteiger partial charge in [0.1, 0.15) is 6.61 Å². The van der Waals surface area contributed by atoms with Crippen molar-refractivity contribution in [2.75, 3.05) is 31.1 Å². The van der Waals surface area contributed by atoms with Crippen LogP contribution < -0.4 is 9.46 Å². The summed E-state index contributed by atoms with van der Waals surface area (Å²) >= 11 is 0. The topological polar surface area (TPSA) is 111 Å². The second-order valence-corrected chi connectivity index (χ2v) is 14.6. The van der Waals surface area contributed by atoms with E-state index in [0.29, 0.717) is 25.3 Å². The average molecular weight is 673 g/mol. The van der Waals surface area contributed by atoms with E-state index in [0.717, 1.165) is 29.5 Å². The van der Waals surface area contributed by atoms with Crippen LogP contribution in [0.2, 0.25) is 0 Å². The third-order valence-electron chi connectivity index (χ3n) is 9.71. The van der Waals surface area contributed by atoms with Crippen molar-refractivity contribution < 1.29 is 35.9 Å². The van der Waals surface area contributed by atoms with Crippen molar-refractivity contribution in [2.24, 2.45) is 11.3 Å². The number of hydrogen-bond donors (Lipinski definition) is 1. The lowest BCUT2D eigenvalue weighted by Gasteiger charge is -2.35. The van der Waals surface area contributed by atoms with Gasteiger partial charge in [-0.05, 0) is 94.0 Å². The van der Waals surface area contributed by atoms with E-state index >= 15 is 0 Å². The third-order valence-corrected chi connectivity index (χ3v) is 11.0. The summed E-state index contributed by atoms with van der Waals surface area (Å²) < 4.78 is 83.4. The fraction of sp³-hybridized carbons (Fsp3) is 0.500. The third kappa shape index (κ3) is 7.25. The van der Waals surface area contributed by atoms with Crippen LogP contribution in [0.4, 0.5) is 19.1 Å². The number of aryl methyl sites for hydroxylation is 2. The Hall–Kier alpha value is -3.71. The molecular weight excluding hydrogens is 633 g/mol. The van der Waals surface area contributed by atoms with Gasteiger partial charge in [0, 0.05) is 37.0 Å². The van der Waals surface area contributed by atoms with E-state index in [1.807, 2.05) is 32.0 Å². The normalized spacial score (nSPS) is 21.1. The number of benzene rings is 2. The van der Waals surface area contributed by atoms with Crippen molar-refractivity contribution in [3.8, 4) is 17.1 Å². The fourth-order valence-corrected chi connectivity index (χ4v) is 7.61. The number of hydrogen-bond acceptors (Lipinski definition) is 7. The molecule has 2 aliphatic heterocycles. The van der Waals surface area contributed by atoms with Crippen LogP contribution in [0.5, 0.6) is 5.88 Å². The molecule has 47 heavy (non-hydrogen) atoms. The Morgan fingerprint density at radius 1 is 1.00 bits per heavy atom. The maximum Gasteiger partial charge on any atom is 0.394 e. The van der Waals surface area contributed by atoms with Gasteiger partial charge in [0.15, 0.2) is 0 Å². The molecule has 3 heterocycles. The number of fused-ring (bicyclic) bond motifs is 4. The maximum atomic E-state index is 14.2. The summed E-state index contributed by atoms with van der Waals surface area (Å²) in [5.41, 5.74) is 1.35. The predicted molar refractivity (Wildman–Crippen MR) is 170 cm³/mol. The summed E-state index contributed by atoms with van der Waals surface area (Å²) in [6.45, 7) is 5.19. The zero-order valence-corrected chi connectivity index (χ0v) is 27.3. The molecule has 252 valence electrons. The van der Waals surface area contributed by atoms with Crippen LogP contribution in [0.3, 0.4) is 0 Å². The van der Waals surface area contributed by atoms with Gasteiger partial charge in [0.25, 0.3) is 15.9 Å². The second-order valence-electron chi connectivity index (χ2n) is 12.9. The number of carbonyl (C=O) groups excluding carboxylic acids is 1. The van der Waals surface area contributed by atoms with Gasteiger partial charge in [0.2, 0.25) is 11.8 Å². The van der Waals surface area contributed by atoms with E-state index in [-0.39, 0.29) is 67.0 Å². The van der Waals surface area contributed by atoms with E-state index in [9.17, 15) is 26.4 Å². The first-order valence-corrected chi connectivity index (χ1v) is 17.5. The number of amides is 1. The van der Waals surface area contributed by atoms with Crippen LogP contribution in [0.25, 0.3) is 11.3 Å². The highest BCUT2D eigenvalue weighted by atomic mass is 32.2. The van der Waals surface area contributed by atoms with Crippen LogP contribution in [0.15, 0.2) is 53.4 Å². The molecule has 1 saturated heterocycles. The fourth-order valence-electron chi connectivity index (χ4n) is 6.62. The summed E-state index contributed by atoms with van der Waals surface area (Å²) in [6, 6.07) is 12.2. The molecule has 1 saturated carbocycles. The number of sulfonamides is 1. The molecule has 1 unspecified atom stereocenters. The number of anilines is 1. The second kappa shape index (κ2) is 13.1. The summed E-state index contributed by atoms with van der Waals surface area (Å²) in [6.07, 6.45) is -2.05. The SMILES string of the molecule is Cc1cccc(C)c1-c1cc2nc(n1)NS(=O)(=O)c1cccc(c1)C(=O)N(CCC1CCOCC1)C(CCC1(C(F)(F)F)CC1)CO2. The minimum Gasteiger partial charge on any atom is -0.475 e. The number of alkyl halides is 3. The summed E-state index contributed by atoms with van der Waals surface area (Å²) in [5, 5.41) is 0. The van der Waals surface area contributed by atoms with Crippen molar-refractivity contribution in [3.05, 3.63) is 65.2 Å². The Bertz CT molecular complexity index is 1720. The largest absolute Gasteiger partial charge is 0.475 e. The molecule has 13 heteroatoms. The number of aromatic nitrogens is 2. The van der Waals surface area contributed by atoms with Gasteiger partial charge in [-0.15, -0.1) is 0 Å². The molecule has 2 fully saturated rings. The van der Waals surface area contributed by atoms with Gasteiger partial charge in [-0.3, -0.25) is 4.79 Å². The van der Waals surface area contributed by atoms with Crippen LogP contribution >= 0.6 is 0 Å². The summed E-state index contributed by atoms with van der Waals surface area (Å²) in [5.74, 6) is -0.362. The molecule has 1 aromatic heterocycles. The number of carbonyl (C=O) groups is 1. The number of rotatable bonds is 7. The molecule has 0 radical (unpaired) electrons. The van der Waals surface area contributed by atoms with Crippen molar-refractivity contribution in [3.63, 3.8) is 0 Å². The zero-order chi connectivity index (χ0) is 33.4. The molecular formula is C34H39F3N4O5S. The van der Waals surface area contributed by atoms with Crippen LogP contribution in [-0.4, -0.2) is 67.8 Å². The Balaban J connectivity index is 1.43. The quantitative estimate of drug-likeness (QED) is 0.297. The molecule has 1 atom stereocenters. The lowest BCUT2D eigenvalue weighted by Crippen LogP contribution is -2.45. The maximum absolute atomic E-state index is 14.2. The Morgan fingerprint density at radius 3 is 2.38 bits per heavy atom. The van der Waals surface area contributed by atoms with E-state index in [4.69, 9.17) is 9.47 Å². The first-order valence-electron chi connectivity index (χ1n) is 16.0. The van der Waals surface area contributed by atoms with Gasteiger partial charge >= 0.3 is 6.18 Å². The highest BCUT2D eigenvalue weighted by molar-refractivity contribution is 7.92. The Morgan fingerprint density at radius 2 is 1.70 bits per heavy atom. The first kappa shape index (κ1) is 33.2. The van der Waals surface area contributed by atoms with Crippen molar-refractivity contribution in [2.45, 2.75) is 75.9 Å². The summed E-state index contributed by atoms with van der Waals surface area (Å²) in [4.78, 5) is 24.5. The lowest BCUT2D eigenvalue weighted by molar-refractivity contribution is -0.189. The number of ether oxygens (including phenoxy) is 2. The molecule has 3 aliphatic rings. The minimum atomic E-state index is -4.34. The highest BCUT2D eigenvalue weighted by Crippen LogP contribution is 2.60. The van der Waals surface area contributed by atoms with Gasteiger partial charge in [-0.1, -0.05) is 24.3 Å². The smallest absolute Gasteiger partial charge is 0.394 e. The minimum absolute atomic E-state index is 0.0418. The molecule has 1 amide bonds. The lowest BCUT2D eigenvalue weighted by atomic mass is 9.93. The van der Waals surface area contributed by atoms with Gasteiger partial charge in [-0.25, -0.2) is 18.1 Å². The van der Waals surface area contributed by atoms with E-state index in [2.05, 4.69) is 14.7 Å². The Labute approximate surface area is 272 Å². The monoisotopic (exact) mass is 672 g/mol. The molecule has 0 spiro atoms. The standard InChI is InChI=1S/C34H39F3N4O5S/c1-22-5-3-6-23(2)30(22)28-20-29-39-32(38-28)40-47(43,44)27-8-4-7-25(19-27)31(42)41(16-10-24-11-17-45-18-12-24)26(21-46-29)9-13-33(14-15-33)34(35,36)37/h3-8,19-20,24,26H,9-18,21H2,1-2H3,(H,38,39,40). The van der Waals surface area contributed by atoms with E-state index in [1.165, 1.54) is 24.3 Å². The number of halogens is 3. The van der Waals surface area contributed by atoms with E-state index < -0.39 is 33.6 Å². The van der Waals surface area contributed by atoms with E-state index in [1.54, 1.807) is 11.0 Å². The predicted octanol–water partition coefficient (Wildman–Crippen LogP) is 6.70. The Kier molecular flexibility index (Phi) is 9.23. The van der Waals surface area contributed by atoms with Gasteiger partial charge < -0.3 is 14.4 Å². The van der Waals surface area contributed by atoms with Crippen LogP contribution in [0, 0.1) is 25.2 Å². The molecule has 3 aromatic rings.